The molecular formula is C22H28F2N2O5. The van der Waals surface area contributed by atoms with Crippen LogP contribution in [0.2, 0.25) is 0 Å². The molecule has 0 aromatic heterocycles. The molecule has 0 spiro atoms. The maximum atomic E-state index is 14.8. The first-order chi connectivity index (χ1) is 14.5. The van der Waals surface area contributed by atoms with Gasteiger partial charge in [0.2, 0.25) is 5.91 Å². The van der Waals surface area contributed by atoms with Gasteiger partial charge in [-0.1, -0.05) is 30.3 Å². The highest BCUT2D eigenvalue weighted by molar-refractivity contribution is 5.93. The van der Waals surface area contributed by atoms with Crippen LogP contribution in [-0.2, 0) is 20.7 Å². The maximum absolute atomic E-state index is 14.8. The molecule has 2 aliphatic rings. The number of ether oxygens (including phenoxy) is 2. The highest BCUT2D eigenvalue weighted by Gasteiger charge is 2.49. The van der Waals surface area contributed by atoms with E-state index in [2.05, 4.69) is 0 Å². The molecule has 2 heterocycles. The molecule has 0 saturated carbocycles. The van der Waals surface area contributed by atoms with Gasteiger partial charge in [-0.05, 0) is 39.2 Å². The van der Waals surface area contributed by atoms with E-state index in [4.69, 9.17) is 9.47 Å². The fraction of sp³-hybridized carbons (Fsp3) is 0.591. The van der Waals surface area contributed by atoms with Gasteiger partial charge in [-0.25, -0.2) is 23.3 Å². The highest BCUT2D eigenvalue weighted by atomic mass is 19.3. The third kappa shape index (κ3) is 5.71. The van der Waals surface area contributed by atoms with E-state index in [9.17, 15) is 23.2 Å². The minimum atomic E-state index is -3.27. The van der Waals surface area contributed by atoms with Gasteiger partial charge < -0.3 is 14.4 Å². The second kappa shape index (κ2) is 8.80. The monoisotopic (exact) mass is 438 g/mol. The van der Waals surface area contributed by atoms with Crippen molar-refractivity contribution in [3.63, 3.8) is 0 Å². The van der Waals surface area contributed by atoms with Crippen LogP contribution in [0.3, 0.4) is 0 Å². The number of nitrogens with zero attached hydrogens (tertiary/aromatic N) is 2. The van der Waals surface area contributed by atoms with Crippen molar-refractivity contribution >= 4 is 18.1 Å². The zero-order chi connectivity index (χ0) is 22.8. The van der Waals surface area contributed by atoms with Crippen LogP contribution in [0.1, 0.15) is 39.2 Å². The van der Waals surface area contributed by atoms with Crippen LogP contribution in [0.15, 0.2) is 30.3 Å². The molecule has 1 aromatic rings. The number of piperidine rings is 1. The van der Waals surface area contributed by atoms with Gasteiger partial charge in [-0.15, -0.1) is 0 Å². The standard InChI is InChI=1S/C22H28F2N2O5/c1-21(2,3)31-19(28)25-10-9-16(22(23,24)14-25)12-18(27)26-17(13-30-20(26)29)11-15-7-5-4-6-8-15/h4-8,16-17H,9-14H2,1-3H3/t16-,17-/m1/s1. The summed E-state index contributed by atoms with van der Waals surface area (Å²) < 4.78 is 39.7. The summed E-state index contributed by atoms with van der Waals surface area (Å²) in [5, 5.41) is 0. The fourth-order valence-electron chi connectivity index (χ4n) is 3.83. The topological polar surface area (TPSA) is 76.2 Å². The molecule has 0 radical (unpaired) electrons. The van der Waals surface area contributed by atoms with Gasteiger partial charge in [0.1, 0.15) is 12.2 Å². The summed E-state index contributed by atoms with van der Waals surface area (Å²) in [5.74, 6) is -5.23. The Balaban J connectivity index is 1.62. The van der Waals surface area contributed by atoms with E-state index >= 15 is 0 Å². The summed E-state index contributed by atoms with van der Waals surface area (Å²) in [7, 11) is 0. The number of amides is 3. The SMILES string of the molecule is CC(C)(C)OC(=O)N1CC[C@H](CC(=O)N2C(=O)OC[C@H]2Cc2ccccc2)C(F)(F)C1. The van der Waals surface area contributed by atoms with Crippen molar-refractivity contribution < 1.29 is 32.6 Å². The van der Waals surface area contributed by atoms with Crippen LogP contribution in [0.5, 0.6) is 0 Å². The third-order valence-corrected chi connectivity index (χ3v) is 5.36. The van der Waals surface area contributed by atoms with Crippen molar-refractivity contribution in [1.82, 2.24) is 9.80 Å². The van der Waals surface area contributed by atoms with Gasteiger partial charge in [0.25, 0.3) is 5.92 Å². The molecule has 9 heteroatoms. The minimum absolute atomic E-state index is 0.0347. The summed E-state index contributed by atoms with van der Waals surface area (Å²) in [6, 6.07) is 8.75. The Morgan fingerprint density at radius 2 is 1.90 bits per heavy atom. The average molecular weight is 438 g/mol. The predicted octanol–water partition coefficient (Wildman–Crippen LogP) is 3.86. The zero-order valence-electron chi connectivity index (χ0n) is 18.0. The molecule has 2 atom stereocenters. The van der Waals surface area contributed by atoms with Crippen molar-refractivity contribution in [3.8, 4) is 0 Å². The summed E-state index contributed by atoms with van der Waals surface area (Å²) in [6.07, 6.45) is -1.77. The number of likely N-dealkylation sites (tertiary alicyclic amines) is 1. The Labute approximate surface area is 180 Å². The number of carbonyl (C=O) groups is 3. The molecule has 0 aliphatic carbocycles. The molecule has 31 heavy (non-hydrogen) atoms. The van der Waals surface area contributed by atoms with E-state index in [0.29, 0.717) is 6.42 Å². The Morgan fingerprint density at radius 3 is 2.52 bits per heavy atom. The summed E-state index contributed by atoms with van der Waals surface area (Å²) in [4.78, 5) is 39.0. The number of hydrogen-bond donors (Lipinski definition) is 0. The molecule has 1 aromatic carbocycles. The number of halogens is 2. The lowest BCUT2D eigenvalue weighted by Gasteiger charge is -2.39. The summed E-state index contributed by atoms with van der Waals surface area (Å²) in [5.41, 5.74) is 0.128. The normalized spacial score (nSPS) is 23.5. The molecule has 2 aliphatic heterocycles. The number of imide groups is 1. The van der Waals surface area contributed by atoms with Crippen molar-refractivity contribution in [2.24, 2.45) is 5.92 Å². The number of rotatable bonds is 4. The van der Waals surface area contributed by atoms with Gasteiger partial charge in [-0.3, -0.25) is 4.79 Å². The van der Waals surface area contributed by atoms with Crippen LogP contribution in [-0.4, -0.2) is 65.2 Å². The van der Waals surface area contributed by atoms with Crippen LogP contribution in [0.25, 0.3) is 0 Å². The molecule has 0 bridgehead atoms. The summed E-state index contributed by atoms with van der Waals surface area (Å²) >= 11 is 0. The van der Waals surface area contributed by atoms with E-state index in [-0.39, 0.29) is 19.6 Å². The van der Waals surface area contributed by atoms with Crippen LogP contribution < -0.4 is 0 Å². The molecule has 0 unspecified atom stereocenters. The van der Waals surface area contributed by atoms with Gasteiger partial charge in [0.15, 0.2) is 0 Å². The average Bonchev–Trinajstić information content (AvgIpc) is 3.02. The lowest BCUT2D eigenvalue weighted by atomic mass is 9.89. The quantitative estimate of drug-likeness (QED) is 0.714. The molecule has 3 amide bonds. The second-order valence-electron chi connectivity index (χ2n) is 9.04. The van der Waals surface area contributed by atoms with E-state index in [1.54, 1.807) is 20.8 Å². The molecule has 7 nitrogen and oxygen atoms in total. The van der Waals surface area contributed by atoms with E-state index in [1.807, 2.05) is 30.3 Å². The molecule has 2 fully saturated rings. The predicted molar refractivity (Wildman–Crippen MR) is 108 cm³/mol. The number of carbonyl (C=O) groups excluding carboxylic acids is 3. The fourth-order valence-corrected chi connectivity index (χ4v) is 3.83. The molecular weight excluding hydrogens is 410 g/mol. The first-order valence-electron chi connectivity index (χ1n) is 10.3. The number of alkyl halides is 2. The Bertz CT molecular complexity index is 825. The van der Waals surface area contributed by atoms with Crippen LogP contribution in [0, 0.1) is 5.92 Å². The van der Waals surface area contributed by atoms with Crippen molar-refractivity contribution in [2.75, 3.05) is 19.7 Å². The largest absolute Gasteiger partial charge is 0.447 e. The van der Waals surface area contributed by atoms with Crippen molar-refractivity contribution in [1.29, 1.82) is 0 Å². The highest BCUT2D eigenvalue weighted by Crippen LogP contribution is 2.36. The maximum Gasteiger partial charge on any atom is 0.416 e. The lowest BCUT2D eigenvalue weighted by Crippen LogP contribution is -2.53. The number of benzene rings is 1. The van der Waals surface area contributed by atoms with Crippen LogP contribution in [0.4, 0.5) is 18.4 Å². The number of cyclic esters (lactones) is 1. The first kappa shape index (κ1) is 23.0. The van der Waals surface area contributed by atoms with E-state index in [0.717, 1.165) is 15.4 Å². The Hall–Kier alpha value is -2.71. The smallest absolute Gasteiger partial charge is 0.416 e. The van der Waals surface area contributed by atoms with E-state index < -0.39 is 54.5 Å². The molecule has 0 N–H and O–H groups in total. The van der Waals surface area contributed by atoms with Crippen molar-refractivity contribution in [3.05, 3.63) is 35.9 Å². The molecule has 3 rings (SSSR count). The van der Waals surface area contributed by atoms with Gasteiger partial charge in [0.05, 0.1) is 12.6 Å². The minimum Gasteiger partial charge on any atom is -0.447 e. The lowest BCUT2D eigenvalue weighted by molar-refractivity contribution is -0.142. The van der Waals surface area contributed by atoms with Crippen molar-refractivity contribution in [2.45, 2.75) is 57.6 Å². The second-order valence-corrected chi connectivity index (χ2v) is 9.04. The first-order valence-corrected chi connectivity index (χ1v) is 10.3. The van der Waals surface area contributed by atoms with Crippen LogP contribution >= 0.6 is 0 Å². The number of hydrogen-bond acceptors (Lipinski definition) is 5. The van der Waals surface area contributed by atoms with Gasteiger partial charge in [-0.2, -0.15) is 0 Å². The van der Waals surface area contributed by atoms with Gasteiger partial charge >= 0.3 is 12.2 Å². The zero-order valence-corrected chi connectivity index (χ0v) is 18.0. The molecule has 170 valence electrons. The summed E-state index contributed by atoms with van der Waals surface area (Å²) in [6.45, 7) is 4.26. The van der Waals surface area contributed by atoms with Gasteiger partial charge in [0, 0.05) is 18.9 Å². The third-order valence-electron chi connectivity index (χ3n) is 5.36. The Morgan fingerprint density at radius 1 is 1.23 bits per heavy atom. The Kier molecular flexibility index (Phi) is 6.52. The molecule has 2 saturated heterocycles. The van der Waals surface area contributed by atoms with E-state index in [1.165, 1.54) is 0 Å².